The van der Waals surface area contributed by atoms with Gasteiger partial charge in [-0.05, 0) is 80.1 Å². The van der Waals surface area contributed by atoms with Gasteiger partial charge in [-0.3, -0.25) is 0 Å². The number of nitrogens with one attached hydrogen (secondary N) is 1. The van der Waals surface area contributed by atoms with Gasteiger partial charge < -0.3 is 15.0 Å². The van der Waals surface area contributed by atoms with E-state index in [0.717, 1.165) is 39.6 Å². The molecule has 8 nitrogen and oxygen atoms in total. The lowest BCUT2D eigenvalue weighted by atomic mass is 9.93. The van der Waals surface area contributed by atoms with Gasteiger partial charge in [0.25, 0.3) is 0 Å². The summed E-state index contributed by atoms with van der Waals surface area (Å²) in [6.45, 7) is 4.08. The van der Waals surface area contributed by atoms with Crippen molar-refractivity contribution in [2.24, 2.45) is 9.98 Å². The van der Waals surface area contributed by atoms with E-state index in [2.05, 4.69) is 10.2 Å². The van der Waals surface area contributed by atoms with Crippen molar-refractivity contribution in [3.8, 4) is 5.69 Å². The summed E-state index contributed by atoms with van der Waals surface area (Å²) in [4.78, 5) is 24.6. The summed E-state index contributed by atoms with van der Waals surface area (Å²) in [7, 11) is 0. The van der Waals surface area contributed by atoms with Crippen LogP contribution in [-0.2, 0) is 4.74 Å². The zero-order valence-electron chi connectivity index (χ0n) is 23.8. The number of benzene rings is 4. The van der Waals surface area contributed by atoms with Crippen LogP contribution in [0, 0.1) is 6.92 Å². The van der Waals surface area contributed by atoms with E-state index in [1.54, 1.807) is 25.1 Å². The highest BCUT2D eigenvalue weighted by Gasteiger charge is 2.42. The van der Waals surface area contributed by atoms with E-state index in [1.807, 2.05) is 90.5 Å². The Hall–Kier alpha value is -4.92. The number of carbonyl (C=O) groups is 1. The number of hydrogen-bond acceptors (Lipinski definition) is 7. The predicted molar refractivity (Wildman–Crippen MR) is 176 cm³/mol. The highest BCUT2D eigenvalue weighted by Crippen LogP contribution is 2.49. The lowest BCUT2D eigenvalue weighted by Gasteiger charge is -2.40. The Morgan fingerprint density at radius 2 is 1.68 bits per heavy atom. The van der Waals surface area contributed by atoms with E-state index in [0.29, 0.717) is 39.7 Å². The lowest BCUT2D eigenvalue weighted by Crippen LogP contribution is -2.46. The molecule has 0 fully saturated rings. The van der Waals surface area contributed by atoms with Gasteiger partial charge in [-0.25, -0.2) is 19.5 Å². The Kier molecular flexibility index (Phi) is 7.16. The van der Waals surface area contributed by atoms with Crippen LogP contribution in [0.1, 0.15) is 40.1 Å². The molecule has 1 atom stereocenters. The van der Waals surface area contributed by atoms with Crippen LogP contribution in [0.15, 0.2) is 107 Å². The van der Waals surface area contributed by atoms with Gasteiger partial charge >= 0.3 is 5.97 Å². The first-order valence-corrected chi connectivity index (χ1v) is 14.9. The predicted octanol–water partition coefficient (Wildman–Crippen LogP) is 8.46. The number of fused-ring (bicyclic) bond motifs is 4. The molecule has 3 heterocycles. The van der Waals surface area contributed by atoms with E-state index < -0.39 is 0 Å². The molecule has 0 saturated carbocycles. The average molecular weight is 622 g/mol. The summed E-state index contributed by atoms with van der Waals surface area (Å²) in [5.41, 5.74) is 6.34. The maximum atomic E-state index is 12.2. The van der Waals surface area contributed by atoms with Crippen LogP contribution in [0.2, 0.25) is 10.0 Å². The second-order valence-electron chi connectivity index (χ2n) is 10.3. The van der Waals surface area contributed by atoms with Gasteiger partial charge in [0.05, 0.1) is 41.0 Å². The fraction of sp³-hybridized carbons (Fsp3) is 0.118. The van der Waals surface area contributed by atoms with Crippen molar-refractivity contribution in [3.05, 3.63) is 129 Å². The minimum Gasteiger partial charge on any atom is -0.462 e. The maximum absolute atomic E-state index is 12.2. The van der Waals surface area contributed by atoms with E-state index in [4.69, 9.17) is 43.0 Å². The van der Waals surface area contributed by atoms with Gasteiger partial charge in [-0.2, -0.15) is 5.10 Å². The fourth-order valence-corrected chi connectivity index (χ4v) is 6.12. The smallest absolute Gasteiger partial charge is 0.338 e. The summed E-state index contributed by atoms with van der Waals surface area (Å²) in [5, 5.41) is 9.50. The van der Waals surface area contributed by atoms with E-state index in [9.17, 15) is 4.79 Å². The molecule has 7 rings (SSSR count). The van der Waals surface area contributed by atoms with Crippen molar-refractivity contribution in [3.63, 3.8) is 0 Å². The Labute approximate surface area is 264 Å². The average Bonchev–Trinajstić information content (AvgIpc) is 3.37. The molecular weight excluding hydrogens is 595 g/mol. The molecule has 1 unspecified atom stereocenters. The molecular formula is C34H26Cl2N6O2. The first-order valence-electron chi connectivity index (χ1n) is 14.1. The second kappa shape index (κ2) is 11.3. The maximum Gasteiger partial charge on any atom is 0.338 e. The van der Waals surface area contributed by atoms with Gasteiger partial charge in [-0.1, -0.05) is 59.6 Å². The molecule has 0 radical (unpaired) electrons. The normalized spacial score (nSPS) is 15.0. The summed E-state index contributed by atoms with van der Waals surface area (Å²) in [6, 6.07) is 30.1. The van der Waals surface area contributed by atoms with Crippen molar-refractivity contribution in [2.75, 3.05) is 16.8 Å². The molecule has 1 N–H and O–H groups in total. The number of hydrogen-bond donors (Lipinski definition) is 1. The Bertz CT molecular complexity index is 1970. The van der Waals surface area contributed by atoms with Crippen LogP contribution in [0.3, 0.4) is 0 Å². The molecule has 0 amide bonds. The molecule has 44 heavy (non-hydrogen) atoms. The number of nitrogens with zero attached hydrogens (tertiary/aromatic N) is 5. The number of aliphatic imine (C=N–C) groups is 2. The molecule has 5 aromatic rings. The number of esters is 1. The van der Waals surface area contributed by atoms with Crippen LogP contribution in [0.25, 0.3) is 5.69 Å². The monoisotopic (exact) mass is 620 g/mol. The number of halogens is 2. The summed E-state index contributed by atoms with van der Waals surface area (Å²) in [5.74, 6) is 1.44. The summed E-state index contributed by atoms with van der Waals surface area (Å²) >= 11 is 13.3. The zero-order valence-corrected chi connectivity index (χ0v) is 25.3. The number of aromatic nitrogens is 2. The fourth-order valence-electron chi connectivity index (χ4n) is 5.61. The molecule has 0 aliphatic carbocycles. The molecule has 218 valence electrons. The van der Waals surface area contributed by atoms with Crippen molar-refractivity contribution >= 4 is 63.7 Å². The quantitative estimate of drug-likeness (QED) is 0.199. The zero-order chi connectivity index (χ0) is 30.4. The van der Waals surface area contributed by atoms with Crippen molar-refractivity contribution in [1.82, 2.24) is 9.78 Å². The van der Waals surface area contributed by atoms with E-state index in [1.165, 1.54) is 0 Å². The first-order chi connectivity index (χ1) is 21.4. The Morgan fingerprint density at radius 1 is 0.932 bits per heavy atom. The number of amidine groups is 2. The Morgan fingerprint density at radius 3 is 2.43 bits per heavy atom. The van der Waals surface area contributed by atoms with Crippen molar-refractivity contribution in [1.29, 1.82) is 0 Å². The number of ether oxygens (including phenoxy) is 1. The Balaban J connectivity index is 1.43. The second-order valence-corrected chi connectivity index (χ2v) is 11.2. The van der Waals surface area contributed by atoms with Crippen LogP contribution < -0.4 is 10.2 Å². The standard InChI is InChI=1S/C34H26Cl2N6O2/c1-3-44-34(43)21-13-16-23(17-14-21)37-31-33-39-32-29(20(2)40-42(32)24-9-5-4-6-10-24)30(25-18-15-22(35)19-26(25)36)41(33)28-12-8-7-11-27(28)38-31/h4-19,30H,3H2,1-2H3,(H,37,38). The molecule has 4 aromatic carbocycles. The van der Waals surface area contributed by atoms with Crippen molar-refractivity contribution in [2.45, 2.75) is 19.9 Å². The van der Waals surface area contributed by atoms with Crippen LogP contribution in [-0.4, -0.2) is 34.0 Å². The summed E-state index contributed by atoms with van der Waals surface area (Å²) < 4.78 is 7.00. The number of aryl methyl sites for hydroxylation is 1. The molecule has 2 aliphatic heterocycles. The van der Waals surface area contributed by atoms with Crippen LogP contribution in [0.4, 0.5) is 22.9 Å². The highest BCUT2D eigenvalue weighted by atomic mass is 35.5. The highest BCUT2D eigenvalue weighted by molar-refractivity contribution is 6.51. The minimum atomic E-state index is -0.389. The SMILES string of the molecule is CCOC(=O)c1ccc(NC2=Nc3ccccc3N3C2=Nc2c(c(C)nn2-c2ccccc2)C3c2ccc(Cl)cc2Cl)cc1. The molecule has 0 saturated heterocycles. The van der Waals surface area contributed by atoms with Gasteiger partial charge in [0.2, 0.25) is 0 Å². The van der Waals surface area contributed by atoms with Gasteiger partial charge in [0.1, 0.15) is 0 Å². The topological polar surface area (TPSA) is 84.1 Å². The summed E-state index contributed by atoms with van der Waals surface area (Å²) in [6.07, 6.45) is 0. The third-order valence-electron chi connectivity index (χ3n) is 7.55. The van der Waals surface area contributed by atoms with Crippen LogP contribution >= 0.6 is 23.2 Å². The van der Waals surface area contributed by atoms with E-state index >= 15 is 0 Å². The molecule has 1 aromatic heterocycles. The molecule has 10 heteroatoms. The van der Waals surface area contributed by atoms with Gasteiger partial charge in [-0.15, -0.1) is 0 Å². The molecule has 0 bridgehead atoms. The third kappa shape index (κ3) is 4.82. The lowest BCUT2D eigenvalue weighted by molar-refractivity contribution is 0.0526. The van der Waals surface area contributed by atoms with Crippen LogP contribution in [0.5, 0.6) is 0 Å². The van der Waals surface area contributed by atoms with Gasteiger partial charge in [0, 0.05) is 21.3 Å². The van der Waals surface area contributed by atoms with Crippen molar-refractivity contribution < 1.29 is 9.53 Å². The number of carbonyl (C=O) groups excluding carboxylic acids is 1. The van der Waals surface area contributed by atoms with Gasteiger partial charge in [0.15, 0.2) is 17.5 Å². The third-order valence-corrected chi connectivity index (χ3v) is 8.12. The first kappa shape index (κ1) is 27.9. The molecule has 0 spiro atoms. The number of anilines is 2. The number of para-hydroxylation sites is 3. The minimum absolute atomic E-state index is 0.310. The molecule has 2 aliphatic rings. The largest absolute Gasteiger partial charge is 0.462 e. The number of rotatable bonds is 5. The van der Waals surface area contributed by atoms with E-state index in [-0.39, 0.29) is 12.0 Å².